The molecular weight excluding hydrogens is 1090 g/mol. The summed E-state index contributed by atoms with van der Waals surface area (Å²) in [5.41, 5.74) is 28.5. The highest BCUT2D eigenvalue weighted by atomic mass is 15.3. The Kier molecular flexibility index (Phi) is 11.8. The number of aromatic nitrogens is 4. The second-order valence-electron chi connectivity index (χ2n) is 23.3. The maximum absolute atomic E-state index is 5.71. The second kappa shape index (κ2) is 20.3. The standard InChI is InChI=1S/C79H60N10/c1-82-63-35-10-16-41-69(63)87(70-42-17-11-36-64(70)82)54-28-22-25-51(47-54)57-50-58(78-80-59-31-6-8-33-61(59)85(78)4)77(79-81-60-32-7-9-34-62(60)86(79)5)76(53-27-24-30-56(49-53)89-73-45-20-14-39-67(73)84(3)68-40-15-21-46-74(68)89)75(57)52-26-23-29-55(48-52)88-71-43-18-12-37-65(71)83(2)66-38-13-19-44-72(66)88/h6-50H,1-5H3. The maximum atomic E-state index is 5.71. The summed E-state index contributed by atoms with van der Waals surface area (Å²) in [6, 6.07) is 99.3. The van der Waals surface area contributed by atoms with E-state index in [4.69, 9.17) is 9.97 Å². The third-order valence-corrected chi connectivity index (χ3v) is 18.5. The van der Waals surface area contributed by atoms with Gasteiger partial charge in [0.05, 0.1) is 90.3 Å². The molecule has 12 aromatic carbocycles. The van der Waals surface area contributed by atoms with Crippen molar-refractivity contribution in [3.05, 3.63) is 273 Å². The summed E-state index contributed by atoms with van der Waals surface area (Å²) in [5.74, 6) is 1.66. The first kappa shape index (κ1) is 51.8. The fourth-order valence-corrected chi connectivity index (χ4v) is 14.3. The molecule has 0 fully saturated rings. The number of nitrogens with zero attached hydrogens (tertiary/aromatic N) is 10. The number of anilines is 15. The van der Waals surface area contributed by atoms with Crippen molar-refractivity contribution >= 4 is 107 Å². The van der Waals surface area contributed by atoms with Crippen LogP contribution < -0.4 is 29.4 Å². The summed E-state index contributed by atoms with van der Waals surface area (Å²) >= 11 is 0. The molecule has 0 amide bonds. The molecule has 0 atom stereocenters. The van der Waals surface area contributed by atoms with Gasteiger partial charge in [0.25, 0.3) is 0 Å². The van der Waals surface area contributed by atoms with Crippen LogP contribution in [0, 0.1) is 0 Å². The molecule has 10 nitrogen and oxygen atoms in total. The summed E-state index contributed by atoms with van der Waals surface area (Å²) in [7, 11) is 10.8. The molecular formula is C79H60N10. The summed E-state index contributed by atoms with van der Waals surface area (Å²) in [6.45, 7) is 0. The van der Waals surface area contributed by atoms with Crippen LogP contribution in [0.1, 0.15) is 0 Å². The van der Waals surface area contributed by atoms with Crippen LogP contribution >= 0.6 is 0 Å². The van der Waals surface area contributed by atoms with Crippen molar-refractivity contribution in [3.63, 3.8) is 0 Å². The van der Waals surface area contributed by atoms with Gasteiger partial charge in [0.1, 0.15) is 11.6 Å². The lowest BCUT2D eigenvalue weighted by atomic mass is 9.81. The van der Waals surface area contributed by atoms with Crippen LogP contribution in [-0.4, -0.2) is 40.2 Å². The van der Waals surface area contributed by atoms with Crippen molar-refractivity contribution < 1.29 is 0 Å². The van der Waals surface area contributed by atoms with Crippen LogP contribution in [0.3, 0.4) is 0 Å². The summed E-state index contributed by atoms with van der Waals surface area (Å²) < 4.78 is 4.54. The molecule has 426 valence electrons. The Morgan fingerprint density at radius 1 is 0.236 bits per heavy atom. The van der Waals surface area contributed by atoms with Gasteiger partial charge in [-0.05, 0) is 167 Å². The number of hydrogen-bond donors (Lipinski definition) is 0. The van der Waals surface area contributed by atoms with E-state index >= 15 is 0 Å². The van der Waals surface area contributed by atoms with E-state index in [1.165, 1.54) is 0 Å². The molecule has 0 bridgehead atoms. The van der Waals surface area contributed by atoms with Gasteiger partial charge in [-0.3, -0.25) is 0 Å². The Balaban J connectivity index is 1.02. The predicted molar refractivity (Wildman–Crippen MR) is 370 cm³/mol. The molecule has 0 saturated carbocycles. The van der Waals surface area contributed by atoms with Gasteiger partial charge >= 0.3 is 0 Å². The lowest BCUT2D eigenvalue weighted by Crippen LogP contribution is -2.24. The number of fused-ring (bicyclic) bond motifs is 8. The minimum Gasteiger partial charge on any atom is -0.341 e. The highest BCUT2D eigenvalue weighted by Gasteiger charge is 2.34. The fraction of sp³-hybridized carbons (Fsp3) is 0.0633. The lowest BCUT2D eigenvalue weighted by Gasteiger charge is -2.39. The number of imidazole rings is 2. The van der Waals surface area contributed by atoms with Gasteiger partial charge in [-0.15, -0.1) is 0 Å². The third kappa shape index (κ3) is 7.96. The Morgan fingerprint density at radius 3 is 0.921 bits per heavy atom. The van der Waals surface area contributed by atoms with E-state index in [1.54, 1.807) is 0 Å². The van der Waals surface area contributed by atoms with Gasteiger partial charge in [-0.25, -0.2) is 9.97 Å². The summed E-state index contributed by atoms with van der Waals surface area (Å²) in [4.78, 5) is 25.5. The van der Waals surface area contributed by atoms with E-state index in [-0.39, 0.29) is 0 Å². The van der Waals surface area contributed by atoms with Gasteiger partial charge < -0.3 is 38.5 Å². The van der Waals surface area contributed by atoms with Gasteiger partial charge in [0.2, 0.25) is 0 Å². The van der Waals surface area contributed by atoms with Crippen LogP contribution in [-0.2, 0) is 14.1 Å². The normalized spacial score (nSPS) is 13.1. The number of benzene rings is 12. The van der Waals surface area contributed by atoms with Crippen LogP contribution in [0.5, 0.6) is 0 Å². The van der Waals surface area contributed by atoms with E-state index in [1.807, 2.05) is 0 Å². The molecule has 0 radical (unpaired) electrons. The molecule has 3 aliphatic heterocycles. The maximum Gasteiger partial charge on any atom is 0.142 e. The van der Waals surface area contributed by atoms with Gasteiger partial charge in [0.15, 0.2) is 0 Å². The van der Waals surface area contributed by atoms with E-state index in [0.29, 0.717) is 0 Å². The zero-order chi connectivity index (χ0) is 59.6. The van der Waals surface area contributed by atoms with Gasteiger partial charge in [-0.2, -0.15) is 0 Å². The highest BCUT2D eigenvalue weighted by Crippen LogP contribution is 2.57. The molecule has 0 aliphatic carbocycles. The summed E-state index contributed by atoms with van der Waals surface area (Å²) in [6.07, 6.45) is 0. The predicted octanol–water partition coefficient (Wildman–Crippen LogP) is 20.4. The van der Waals surface area contributed by atoms with Crippen molar-refractivity contribution in [1.82, 2.24) is 19.1 Å². The molecule has 2 aromatic heterocycles. The molecule has 0 spiro atoms. The molecule has 14 aromatic rings. The SMILES string of the molecule is CN1c2ccccc2N(c2cccc(-c3cc(-c4nc5ccccc5n4C)c(-c4nc5ccccc5n4C)c(-c4cccc(N5c6ccccc6N(C)c6ccccc65)c4)c3-c3cccc(N4c5ccccc5N(C)c5ccccc54)c3)c2)c2ccccc21. The quantitative estimate of drug-likeness (QED) is 0.149. The first-order valence-electron chi connectivity index (χ1n) is 30.3. The smallest absolute Gasteiger partial charge is 0.142 e. The zero-order valence-corrected chi connectivity index (χ0v) is 50.0. The van der Waals surface area contributed by atoms with E-state index in [0.717, 1.165) is 164 Å². The van der Waals surface area contributed by atoms with Crippen molar-refractivity contribution in [1.29, 1.82) is 0 Å². The zero-order valence-electron chi connectivity index (χ0n) is 50.0. The summed E-state index contributed by atoms with van der Waals surface area (Å²) in [5, 5.41) is 0. The number of rotatable bonds is 8. The largest absolute Gasteiger partial charge is 0.341 e. The third-order valence-electron chi connectivity index (χ3n) is 18.5. The van der Waals surface area contributed by atoms with Crippen molar-refractivity contribution in [2.75, 3.05) is 50.5 Å². The van der Waals surface area contributed by atoms with E-state index in [9.17, 15) is 0 Å². The van der Waals surface area contributed by atoms with Gasteiger partial charge in [-0.1, -0.05) is 133 Å². The van der Waals surface area contributed by atoms with Crippen molar-refractivity contribution in [3.8, 4) is 56.2 Å². The molecule has 10 heteroatoms. The number of hydrogen-bond acceptors (Lipinski definition) is 8. The van der Waals surface area contributed by atoms with Crippen LogP contribution in [0.15, 0.2) is 273 Å². The molecule has 17 rings (SSSR count). The molecule has 0 saturated heterocycles. The first-order valence-corrected chi connectivity index (χ1v) is 30.3. The lowest BCUT2D eigenvalue weighted by molar-refractivity contribution is 0.948. The molecule has 5 heterocycles. The van der Waals surface area contributed by atoms with E-state index in [2.05, 4.69) is 347 Å². The van der Waals surface area contributed by atoms with Crippen LogP contribution in [0.2, 0.25) is 0 Å². The Hall–Kier alpha value is -11.6. The number of para-hydroxylation sites is 16. The minimum atomic E-state index is 0.828. The molecule has 3 aliphatic rings. The number of aryl methyl sites for hydroxylation is 2. The molecule has 89 heavy (non-hydrogen) atoms. The highest BCUT2D eigenvalue weighted by molar-refractivity contribution is 6.10. The monoisotopic (exact) mass is 1150 g/mol. The van der Waals surface area contributed by atoms with Gasteiger partial charge in [0, 0.05) is 69.0 Å². The first-order chi connectivity index (χ1) is 43.8. The Morgan fingerprint density at radius 2 is 0.539 bits per heavy atom. The van der Waals surface area contributed by atoms with Crippen LogP contribution in [0.4, 0.5) is 85.3 Å². The molecule has 0 N–H and O–H groups in total. The Labute approximate surface area is 517 Å². The fourth-order valence-electron chi connectivity index (χ4n) is 14.3. The molecule has 0 unspecified atom stereocenters. The minimum absolute atomic E-state index is 0.828. The average molecular weight is 1150 g/mol. The Bertz CT molecular complexity index is 5050. The van der Waals surface area contributed by atoms with Crippen molar-refractivity contribution in [2.45, 2.75) is 0 Å². The average Bonchev–Trinajstić information content (AvgIpc) is 1.99. The second-order valence-corrected chi connectivity index (χ2v) is 23.3. The topological polar surface area (TPSA) is 55.1 Å². The van der Waals surface area contributed by atoms with E-state index < -0.39 is 0 Å². The van der Waals surface area contributed by atoms with Crippen LogP contribution in [0.25, 0.3) is 78.2 Å². The van der Waals surface area contributed by atoms with Crippen molar-refractivity contribution in [2.24, 2.45) is 14.1 Å².